The van der Waals surface area contributed by atoms with Crippen LogP contribution in [-0.4, -0.2) is 60.9 Å². The van der Waals surface area contributed by atoms with Gasteiger partial charge < -0.3 is 28.5 Å². The van der Waals surface area contributed by atoms with E-state index in [4.69, 9.17) is 13.9 Å². The Balaban J connectivity index is 1.43. The first-order valence-electron chi connectivity index (χ1n) is 13.4. The largest absolute Gasteiger partial charge is 0.502 e. The SMILES string of the molecule is COC(=O)C[C@H](c1oc(CN2CCN(c3ccc(OC)cc3)CC2)cc(=O)c1O)c1cc2ccccc2n(C)c1=O. The van der Waals surface area contributed by atoms with Crippen LogP contribution in [0.2, 0.25) is 0 Å². The second kappa shape index (κ2) is 11.9. The van der Waals surface area contributed by atoms with E-state index in [-0.39, 0.29) is 23.3 Å². The predicted molar refractivity (Wildman–Crippen MR) is 155 cm³/mol. The summed E-state index contributed by atoms with van der Waals surface area (Å²) in [5.41, 5.74) is 1.04. The molecule has 10 heteroatoms. The Labute approximate surface area is 236 Å². The Morgan fingerprint density at radius 2 is 1.71 bits per heavy atom. The van der Waals surface area contributed by atoms with Gasteiger partial charge in [0.25, 0.3) is 5.56 Å². The fraction of sp³-hybridized carbons (Fsp3) is 0.323. The lowest BCUT2D eigenvalue weighted by Gasteiger charge is -2.36. The van der Waals surface area contributed by atoms with Crippen molar-refractivity contribution in [2.45, 2.75) is 18.9 Å². The van der Waals surface area contributed by atoms with Gasteiger partial charge in [-0.15, -0.1) is 0 Å². The Morgan fingerprint density at radius 1 is 1.00 bits per heavy atom. The number of hydrogen-bond donors (Lipinski definition) is 1. The molecule has 1 N–H and O–H groups in total. The molecule has 214 valence electrons. The molecule has 2 aromatic carbocycles. The second-order valence-electron chi connectivity index (χ2n) is 10.1. The number of ether oxygens (including phenoxy) is 2. The van der Waals surface area contributed by atoms with Gasteiger partial charge in [0, 0.05) is 50.5 Å². The fourth-order valence-corrected chi connectivity index (χ4v) is 5.34. The smallest absolute Gasteiger partial charge is 0.306 e. The quantitative estimate of drug-likeness (QED) is 0.325. The summed E-state index contributed by atoms with van der Waals surface area (Å²) < 4.78 is 17.7. The van der Waals surface area contributed by atoms with E-state index in [9.17, 15) is 19.5 Å². The highest BCUT2D eigenvalue weighted by molar-refractivity contribution is 5.80. The molecule has 0 bridgehead atoms. The highest BCUT2D eigenvalue weighted by Crippen LogP contribution is 2.33. The molecule has 1 fully saturated rings. The lowest BCUT2D eigenvalue weighted by molar-refractivity contribution is -0.140. The monoisotopic (exact) mass is 559 g/mol. The number of piperazine rings is 1. The van der Waals surface area contributed by atoms with Crippen LogP contribution in [0, 0.1) is 0 Å². The average molecular weight is 560 g/mol. The van der Waals surface area contributed by atoms with Crippen molar-refractivity contribution in [3.63, 3.8) is 0 Å². The number of aromatic hydroxyl groups is 1. The molecule has 2 aromatic heterocycles. The molecule has 0 aliphatic carbocycles. The van der Waals surface area contributed by atoms with Crippen molar-refractivity contribution in [1.29, 1.82) is 0 Å². The second-order valence-corrected chi connectivity index (χ2v) is 10.1. The number of aryl methyl sites for hydroxylation is 1. The van der Waals surface area contributed by atoms with Crippen molar-refractivity contribution in [3.8, 4) is 11.5 Å². The molecule has 0 spiro atoms. The molecule has 1 aliphatic heterocycles. The van der Waals surface area contributed by atoms with Crippen LogP contribution in [0.4, 0.5) is 5.69 Å². The normalized spacial score (nSPS) is 14.7. The van der Waals surface area contributed by atoms with Crippen LogP contribution in [0.3, 0.4) is 0 Å². The minimum atomic E-state index is -1.02. The number of anilines is 1. The number of methoxy groups -OCH3 is 2. The van der Waals surface area contributed by atoms with Crippen molar-refractivity contribution in [2.24, 2.45) is 7.05 Å². The van der Waals surface area contributed by atoms with Gasteiger partial charge in [0.1, 0.15) is 11.5 Å². The zero-order valence-corrected chi connectivity index (χ0v) is 23.3. The van der Waals surface area contributed by atoms with Crippen LogP contribution >= 0.6 is 0 Å². The van der Waals surface area contributed by atoms with Crippen molar-refractivity contribution < 1.29 is 23.8 Å². The number of nitrogens with zero attached hydrogens (tertiary/aromatic N) is 3. The van der Waals surface area contributed by atoms with Gasteiger partial charge >= 0.3 is 5.97 Å². The summed E-state index contributed by atoms with van der Waals surface area (Å²) in [5.74, 6) is -1.23. The Bertz CT molecular complexity index is 1670. The highest BCUT2D eigenvalue weighted by Gasteiger charge is 2.30. The van der Waals surface area contributed by atoms with Gasteiger partial charge in [-0.2, -0.15) is 0 Å². The maximum atomic E-state index is 13.4. The summed E-state index contributed by atoms with van der Waals surface area (Å²) >= 11 is 0. The fourth-order valence-electron chi connectivity index (χ4n) is 5.34. The maximum Gasteiger partial charge on any atom is 0.306 e. The van der Waals surface area contributed by atoms with Gasteiger partial charge in [0.15, 0.2) is 5.76 Å². The van der Waals surface area contributed by atoms with E-state index in [1.165, 1.54) is 17.7 Å². The number of hydrogen-bond acceptors (Lipinski definition) is 9. The van der Waals surface area contributed by atoms with E-state index in [2.05, 4.69) is 9.80 Å². The summed E-state index contributed by atoms with van der Waals surface area (Å²) in [6.07, 6.45) is -0.287. The summed E-state index contributed by atoms with van der Waals surface area (Å²) in [5, 5.41) is 11.6. The molecule has 1 atom stereocenters. The number of carbonyl (C=O) groups excluding carboxylic acids is 1. The minimum absolute atomic E-state index is 0.123. The molecule has 4 aromatic rings. The van der Waals surface area contributed by atoms with E-state index in [1.54, 1.807) is 20.2 Å². The predicted octanol–water partition coefficient (Wildman–Crippen LogP) is 3.22. The molecule has 3 heterocycles. The number of para-hydroxylation sites is 1. The van der Waals surface area contributed by atoms with Crippen LogP contribution in [0.5, 0.6) is 11.5 Å². The molecular weight excluding hydrogens is 526 g/mol. The zero-order valence-electron chi connectivity index (χ0n) is 23.3. The number of benzene rings is 2. The van der Waals surface area contributed by atoms with Crippen molar-refractivity contribution >= 4 is 22.6 Å². The third-order valence-electron chi connectivity index (χ3n) is 7.64. The van der Waals surface area contributed by atoms with Crippen LogP contribution < -0.4 is 20.6 Å². The lowest BCUT2D eigenvalue weighted by atomic mass is 9.92. The molecule has 0 saturated carbocycles. The molecular formula is C31H33N3O7. The number of carbonyl (C=O) groups is 1. The number of aromatic nitrogens is 1. The Hall–Kier alpha value is -4.57. The standard InChI is InChI=1S/C31H33N3O7/c1-32-26-7-5-4-6-20(26)16-25(31(32)38)24(18-28(36)40-3)30-29(37)27(35)17-23(41-30)19-33-12-14-34(15-13-33)21-8-10-22(39-2)11-9-21/h4-11,16-17,24,37H,12-15,18-19H2,1-3H3/t24-/m0/s1. The third-order valence-corrected chi connectivity index (χ3v) is 7.64. The van der Waals surface area contributed by atoms with Crippen molar-refractivity contribution in [2.75, 3.05) is 45.3 Å². The highest BCUT2D eigenvalue weighted by atomic mass is 16.5. The van der Waals surface area contributed by atoms with Gasteiger partial charge in [-0.05, 0) is 41.8 Å². The molecule has 41 heavy (non-hydrogen) atoms. The first-order valence-corrected chi connectivity index (χ1v) is 13.4. The molecule has 0 radical (unpaired) electrons. The topological polar surface area (TPSA) is 114 Å². The van der Waals surface area contributed by atoms with Gasteiger partial charge in [-0.3, -0.25) is 19.3 Å². The van der Waals surface area contributed by atoms with Gasteiger partial charge in [0.05, 0.1) is 38.6 Å². The average Bonchev–Trinajstić information content (AvgIpc) is 3.00. The van der Waals surface area contributed by atoms with E-state index in [0.29, 0.717) is 17.8 Å². The number of rotatable bonds is 8. The third kappa shape index (κ3) is 5.83. The molecule has 10 nitrogen and oxygen atoms in total. The van der Waals surface area contributed by atoms with Crippen molar-refractivity contribution in [3.05, 3.63) is 98.3 Å². The van der Waals surface area contributed by atoms with Crippen LogP contribution in [-0.2, 0) is 23.1 Å². The van der Waals surface area contributed by atoms with Gasteiger partial charge in [-0.25, -0.2) is 0 Å². The summed E-state index contributed by atoms with van der Waals surface area (Å²) in [4.78, 5) is 43.2. The molecule has 0 unspecified atom stereocenters. The van der Waals surface area contributed by atoms with E-state index >= 15 is 0 Å². The maximum absolute atomic E-state index is 13.4. The van der Waals surface area contributed by atoms with Crippen LogP contribution in [0.1, 0.15) is 29.4 Å². The Morgan fingerprint density at radius 3 is 2.39 bits per heavy atom. The summed E-state index contributed by atoms with van der Waals surface area (Å²) in [6.45, 7) is 3.34. The van der Waals surface area contributed by atoms with E-state index < -0.39 is 23.1 Å². The summed E-state index contributed by atoms with van der Waals surface area (Å²) in [7, 11) is 4.53. The zero-order chi connectivity index (χ0) is 29.1. The molecule has 1 aliphatic rings. The Kier molecular flexibility index (Phi) is 8.11. The molecule has 0 amide bonds. The first kappa shape index (κ1) is 28.0. The van der Waals surface area contributed by atoms with Crippen LogP contribution in [0.25, 0.3) is 10.9 Å². The molecule has 5 rings (SSSR count). The van der Waals surface area contributed by atoms with Gasteiger partial charge in [0.2, 0.25) is 11.2 Å². The van der Waals surface area contributed by atoms with Crippen LogP contribution in [0.15, 0.2) is 74.7 Å². The van der Waals surface area contributed by atoms with E-state index in [1.807, 2.05) is 48.5 Å². The number of esters is 1. The minimum Gasteiger partial charge on any atom is -0.502 e. The number of fused-ring (bicyclic) bond motifs is 1. The first-order chi connectivity index (χ1) is 19.8. The van der Waals surface area contributed by atoms with Gasteiger partial charge in [-0.1, -0.05) is 18.2 Å². The summed E-state index contributed by atoms with van der Waals surface area (Å²) in [6, 6.07) is 18.2. The van der Waals surface area contributed by atoms with Crippen molar-refractivity contribution in [1.82, 2.24) is 9.47 Å². The lowest BCUT2D eigenvalue weighted by Crippen LogP contribution is -2.46. The van der Waals surface area contributed by atoms with E-state index in [0.717, 1.165) is 43.0 Å². The molecule has 1 saturated heterocycles. The number of pyridine rings is 1.